The first-order valence-corrected chi connectivity index (χ1v) is 10.3. The number of piperazine rings is 1. The number of halogens is 3. The Labute approximate surface area is 200 Å². The molecular weight excluding hydrogens is 513 g/mol. The zero-order valence-electron chi connectivity index (χ0n) is 18.3. The Hall–Kier alpha value is -2.01. The molecule has 1 fully saturated rings. The van der Waals surface area contributed by atoms with Crippen molar-refractivity contribution in [3.05, 3.63) is 59.8 Å². The molecule has 0 spiro atoms. The Morgan fingerprint density at radius 1 is 1.10 bits per heavy atom. The van der Waals surface area contributed by atoms with E-state index in [2.05, 4.69) is 20.1 Å². The summed E-state index contributed by atoms with van der Waals surface area (Å²) in [6, 6.07) is 9.39. The first-order chi connectivity index (χ1) is 14.5. The Morgan fingerprint density at radius 3 is 2.32 bits per heavy atom. The van der Waals surface area contributed by atoms with Crippen LogP contribution in [-0.4, -0.2) is 74.1 Å². The summed E-state index contributed by atoms with van der Waals surface area (Å²) in [6.07, 6.45) is 1.80. The van der Waals surface area contributed by atoms with Crippen LogP contribution in [0.3, 0.4) is 0 Å². The van der Waals surface area contributed by atoms with Crippen molar-refractivity contribution in [2.24, 2.45) is 4.99 Å². The Kier molecular flexibility index (Phi) is 9.89. The summed E-state index contributed by atoms with van der Waals surface area (Å²) in [5.41, 5.74) is 0.0575. The summed E-state index contributed by atoms with van der Waals surface area (Å²) in [7, 11) is 3.62. The number of hydrogen-bond acceptors (Lipinski definition) is 4. The van der Waals surface area contributed by atoms with Crippen molar-refractivity contribution < 1.29 is 8.78 Å². The highest BCUT2D eigenvalue weighted by Crippen LogP contribution is 2.25. The number of anilines is 1. The Morgan fingerprint density at radius 2 is 1.77 bits per heavy atom. The predicted molar refractivity (Wildman–Crippen MR) is 132 cm³/mol. The first kappa shape index (κ1) is 25.3. The van der Waals surface area contributed by atoms with Crippen LogP contribution in [0.2, 0.25) is 0 Å². The van der Waals surface area contributed by atoms with Gasteiger partial charge in [0.2, 0.25) is 0 Å². The van der Waals surface area contributed by atoms with Crippen molar-refractivity contribution >= 4 is 35.8 Å². The van der Waals surface area contributed by atoms with Crippen molar-refractivity contribution in [1.82, 2.24) is 20.1 Å². The number of rotatable bonds is 6. The molecule has 170 valence electrons. The molecule has 6 nitrogen and oxygen atoms in total. The van der Waals surface area contributed by atoms with E-state index < -0.39 is 17.7 Å². The number of likely N-dealkylation sites (N-methyl/N-ethyl adjacent to an activating group) is 1. The van der Waals surface area contributed by atoms with Crippen LogP contribution in [0.5, 0.6) is 0 Å². The van der Waals surface area contributed by atoms with Gasteiger partial charge < -0.3 is 20.0 Å². The SMILES string of the molecule is CCNC(=NCC(c1c(F)cccc1F)N(C)C)N1CCN(c2ccccn2)CC1.I. The maximum Gasteiger partial charge on any atom is 0.194 e. The van der Waals surface area contributed by atoms with Gasteiger partial charge in [0.1, 0.15) is 17.5 Å². The molecule has 1 atom stereocenters. The van der Waals surface area contributed by atoms with Crippen LogP contribution >= 0.6 is 24.0 Å². The maximum absolute atomic E-state index is 14.3. The third kappa shape index (κ3) is 6.49. The second-order valence-corrected chi connectivity index (χ2v) is 7.47. The average Bonchev–Trinajstić information content (AvgIpc) is 2.75. The minimum Gasteiger partial charge on any atom is -0.357 e. The smallest absolute Gasteiger partial charge is 0.194 e. The van der Waals surface area contributed by atoms with E-state index in [-0.39, 0.29) is 36.1 Å². The van der Waals surface area contributed by atoms with E-state index in [0.29, 0.717) is 0 Å². The van der Waals surface area contributed by atoms with Crippen LogP contribution in [-0.2, 0) is 0 Å². The summed E-state index contributed by atoms with van der Waals surface area (Å²) in [6.45, 7) is 6.25. The lowest BCUT2D eigenvalue weighted by Gasteiger charge is -2.37. The van der Waals surface area contributed by atoms with Crippen molar-refractivity contribution in [2.45, 2.75) is 13.0 Å². The number of nitrogens with one attached hydrogen (secondary N) is 1. The van der Waals surface area contributed by atoms with Crippen molar-refractivity contribution in [3.63, 3.8) is 0 Å². The van der Waals surface area contributed by atoms with Gasteiger partial charge >= 0.3 is 0 Å². The number of aliphatic imine (C=N–C) groups is 1. The highest BCUT2D eigenvalue weighted by Gasteiger charge is 2.24. The maximum atomic E-state index is 14.3. The lowest BCUT2D eigenvalue weighted by molar-refractivity contribution is 0.288. The fraction of sp³-hybridized carbons (Fsp3) is 0.455. The van der Waals surface area contributed by atoms with Gasteiger partial charge in [0.05, 0.1) is 12.6 Å². The number of hydrogen-bond donors (Lipinski definition) is 1. The third-order valence-corrected chi connectivity index (χ3v) is 5.26. The summed E-state index contributed by atoms with van der Waals surface area (Å²) < 4.78 is 28.7. The summed E-state index contributed by atoms with van der Waals surface area (Å²) in [5.74, 6) is 0.652. The molecule has 1 N–H and O–H groups in total. The van der Waals surface area contributed by atoms with E-state index in [1.54, 1.807) is 11.1 Å². The van der Waals surface area contributed by atoms with Gasteiger partial charge in [-0.3, -0.25) is 4.99 Å². The topological polar surface area (TPSA) is 47.0 Å². The molecule has 1 unspecified atom stereocenters. The second-order valence-electron chi connectivity index (χ2n) is 7.47. The van der Waals surface area contributed by atoms with Gasteiger partial charge in [0.25, 0.3) is 0 Å². The molecule has 1 aliphatic rings. The number of pyridine rings is 1. The van der Waals surface area contributed by atoms with E-state index in [1.165, 1.54) is 18.2 Å². The van der Waals surface area contributed by atoms with Crippen LogP contribution in [0.25, 0.3) is 0 Å². The standard InChI is InChI=1S/C22H30F2N6.HI/c1-4-25-22(30-14-12-29(13-15-30)20-10-5-6-11-26-20)27-16-19(28(2)3)21-17(23)8-7-9-18(21)24;/h5-11,19H,4,12-16H2,1-3H3,(H,25,27);1H. The normalized spacial score (nSPS) is 15.6. The second kappa shape index (κ2) is 12.1. The molecule has 31 heavy (non-hydrogen) atoms. The van der Waals surface area contributed by atoms with Crippen molar-refractivity contribution in [3.8, 4) is 0 Å². The van der Waals surface area contributed by atoms with Gasteiger partial charge in [-0.1, -0.05) is 12.1 Å². The molecular formula is C22H31F2IN6. The fourth-order valence-electron chi connectivity index (χ4n) is 3.63. The van der Waals surface area contributed by atoms with E-state index >= 15 is 0 Å². The summed E-state index contributed by atoms with van der Waals surface area (Å²) >= 11 is 0. The molecule has 1 saturated heterocycles. The molecule has 0 bridgehead atoms. The fourth-order valence-corrected chi connectivity index (χ4v) is 3.63. The number of guanidine groups is 1. The molecule has 0 aliphatic carbocycles. The zero-order chi connectivity index (χ0) is 21.5. The summed E-state index contributed by atoms with van der Waals surface area (Å²) in [4.78, 5) is 15.4. The molecule has 0 saturated carbocycles. The molecule has 0 radical (unpaired) electrons. The molecule has 1 aromatic heterocycles. The van der Waals surface area contributed by atoms with Gasteiger partial charge in [0.15, 0.2) is 5.96 Å². The highest BCUT2D eigenvalue weighted by atomic mass is 127. The van der Waals surface area contributed by atoms with E-state index in [1.807, 2.05) is 39.2 Å². The number of nitrogens with zero attached hydrogens (tertiary/aromatic N) is 5. The molecule has 0 amide bonds. The van der Waals surface area contributed by atoms with Crippen LogP contribution in [0.4, 0.5) is 14.6 Å². The van der Waals surface area contributed by atoms with Gasteiger partial charge in [-0.05, 0) is 45.3 Å². The van der Waals surface area contributed by atoms with Gasteiger partial charge in [-0.25, -0.2) is 13.8 Å². The first-order valence-electron chi connectivity index (χ1n) is 10.3. The van der Waals surface area contributed by atoms with Gasteiger partial charge in [-0.15, -0.1) is 24.0 Å². The lowest BCUT2D eigenvalue weighted by atomic mass is 10.0. The van der Waals surface area contributed by atoms with Crippen LogP contribution < -0.4 is 10.2 Å². The van der Waals surface area contributed by atoms with Crippen molar-refractivity contribution in [2.75, 3.05) is 58.3 Å². The monoisotopic (exact) mass is 544 g/mol. The minimum atomic E-state index is -0.544. The van der Waals surface area contributed by atoms with Gasteiger partial charge in [-0.2, -0.15) is 0 Å². The molecule has 9 heteroatoms. The molecule has 1 aliphatic heterocycles. The predicted octanol–water partition coefficient (Wildman–Crippen LogP) is 3.37. The van der Waals surface area contributed by atoms with Crippen LogP contribution in [0, 0.1) is 11.6 Å². The molecule has 2 heterocycles. The van der Waals surface area contributed by atoms with Crippen LogP contribution in [0.15, 0.2) is 47.6 Å². The van der Waals surface area contributed by atoms with Crippen LogP contribution in [0.1, 0.15) is 18.5 Å². The van der Waals surface area contributed by atoms with E-state index in [0.717, 1.165) is 44.5 Å². The third-order valence-electron chi connectivity index (χ3n) is 5.26. The quantitative estimate of drug-likeness (QED) is 0.344. The number of aromatic nitrogens is 1. The van der Waals surface area contributed by atoms with Crippen molar-refractivity contribution in [1.29, 1.82) is 0 Å². The minimum absolute atomic E-state index is 0. The zero-order valence-corrected chi connectivity index (χ0v) is 20.6. The Balaban J connectivity index is 0.00000341. The Bertz CT molecular complexity index is 821. The van der Waals surface area contributed by atoms with Gasteiger partial charge in [0, 0.05) is 44.5 Å². The highest BCUT2D eigenvalue weighted by molar-refractivity contribution is 14.0. The largest absolute Gasteiger partial charge is 0.357 e. The number of benzene rings is 1. The summed E-state index contributed by atoms with van der Waals surface area (Å²) in [5, 5.41) is 3.32. The van der Waals surface area contributed by atoms with E-state index in [9.17, 15) is 8.78 Å². The molecule has 2 aromatic rings. The van der Waals surface area contributed by atoms with E-state index in [4.69, 9.17) is 4.99 Å². The molecule has 3 rings (SSSR count). The average molecular weight is 544 g/mol. The molecule has 1 aromatic carbocycles. The lowest BCUT2D eigenvalue weighted by Crippen LogP contribution is -2.53.